The quantitative estimate of drug-likeness (QED) is 0.258. The van der Waals surface area contributed by atoms with Crippen molar-refractivity contribution < 1.29 is 9.13 Å². The maximum absolute atomic E-state index is 5.16. The van der Waals surface area contributed by atoms with Crippen molar-refractivity contribution in [2.75, 3.05) is 13.1 Å². The van der Waals surface area contributed by atoms with E-state index in [9.17, 15) is 0 Å². The number of benzene rings is 4. The van der Waals surface area contributed by atoms with Crippen LogP contribution in [0.15, 0.2) is 73.3 Å². The van der Waals surface area contributed by atoms with Crippen molar-refractivity contribution in [1.82, 2.24) is 15.6 Å². The first-order chi connectivity index (χ1) is 21.8. The molecule has 5 nitrogen and oxygen atoms in total. The minimum atomic E-state index is -0.508. The van der Waals surface area contributed by atoms with Crippen LogP contribution in [0.1, 0.15) is 106 Å². The van der Waals surface area contributed by atoms with E-state index in [-0.39, 0.29) is 16.7 Å². The van der Waals surface area contributed by atoms with E-state index in [0.29, 0.717) is 0 Å². The van der Waals surface area contributed by atoms with Gasteiger partial charge in [-0.3, -0.25) is 10.6 Å². The highest BCUT2D eigenvalue weighted by atomic mass is 15.4. The minimum Gasteiger partial charge on any atom is -0.260 e. The van der Waals surface area contributed by atoms with E-state index >= 15 is 0 Å². The second kappa shape index (κ2) is 6.96. The second-order valence-corrected chi connectivity index (χ2v) is 16.0. The molecular formula is C40H35N5+2. The normalized spacial score (nSPS) is 27.8. The van der Waals surface area contributed by atoms with Gasteiger partial charge in [-0.05, 0) is 68.5 Å². The average Bonchev–Trinajstić information content (AvgIpc) is 3.38. The van der Waals surface area contributed by atoms with Crippen molar-refractivity contribution >= 4 is 0 Å². The summed E-state index contributed by atoms with van der Waals surface area (Å²) in [4.78, 5) is 5.16. The molecule has 0 fully saturated rings. The van der Waals surface area contributed by atoms with Gasteiger partial charge in [-0.2, -0.15) is 0 Å². The standard InChI is InChI=1S/C40H35N5/c1-37(2)17-42-39-32-21(7-5-9-27(32)37)15-23-11-13-25-26-14-12-24-16-22-8-6-10-28-33(22)40(43-18-38(28,3)4)35(24)30(26)31(29(25)34(23)39)36-44(39)19-41-20-45(36)40/h5-14,19-20,31,42-43H,15-18H2,1-4H3/q+2. The van der Waals surface area contributed by atoms with E-state index in [0.717, 1.165) is 25.9 Å². The van der Waals surface area contributed by atoms with Gasteiger partial charge in [-0.1, -0.05) is 88.4 Å². The summed E-state index contributed by atoms with van der Waals surface area (Å²) in [6, 6.07) is 23.9. The van der Waals surface area contributed by atoms with Crippen LogP contribution in [0.3, 0.4) is 0 Å². The predicted octanol–water partition coefficient (Wildman–Crippen LogP) is 4.51. The van der Waals surface area contributed by atoms with Crippen molar-refractivity contribution in [2.45, 2.75) is 68.6 Å². The fourth-order valence-corrected chi connectivity index (χ4v) is 11.2. The Bertz CT molecular complexity index is 2160. The topological polar surface area (TPSA) is 44.7 Å². The van der Waals surface area contributed by atoms with Crippen LogP contribution < -0.4 is 19.8 Å². The molecule has 7 aliphatic rings. The van der Waals surface area contributed by atoms with Crippen molar-refractivity contribution in [1.29, 1.82) is 0 Å². The highest BCUT2D eigenvalue weighted by Gasteiger charge is 2.69. The number of nitrogens with one attached hydrogen (secondary N) is 2. The molecule has 5 heterocycles. The third-order valence-electron chi connectivity index (χ3n) is 12.9. The Kier molecular flexibility index (Phi) is 3.73. The van der Waals surface area contributed by atoms with E-state index < -0.39 is 11.3 Å². The zero-order chi connectivity index (χ0) is 29.8. The minimum absolute atomic E-state index is 0.0241. The first kappa shape index (κ1) is 24.1. The maximum atomic E-state index is 5.16. The van der Waals surface area contributed by atoms with E-state index in [1.54, 1.807) is 0 Å². The summed E-state index contributed by atoms with van der Waals surface area (Å²) in [6.45, 7) is 11.4. The number of nitrogens with zero attached hydrogens (tertiary/aromatic N) is 3. The zero-order valence-corrected chi connectivity index (χ0v) is 26.2. The van der Waals surface area contributed by atoms with Crippen LogP contribution in [-0.2, 0) is 35.0 Å². The van der Waals surface area contributed by atoms with Gasteiger partial charge in [0.25, 0.3) is 0 Å². The van der Waals surface area contributed by atoms with Crippen LogP contribution >= 0.6 is 0 Å². The maximum Gasteiger partial charge on any atom is 0.360 e. The molecule has 12 rings (SSSR count). The van der Waals surface area contributed by atoms with Gasteiger partial charge in [0, 0.05) is 46.2 Å². The lowest BCUT2D eigenvalue weighted by molar-refractivity contribution is -0.890. The molecule has 0 amide bonds. The highest BCUT2D eigenvalue weighted by Crippen LogP contribution is 2.62. The van der Waals surface area contributed by atoms with Gasteiger partial charge in [-0.25, -0.2) is 0 Å². The summed E-state index contributed by atoms with van der Waals surface area (Å²) in [7, 11) is 0. The van der Waals surface area contributed by atoms with Crippen molar-refractivity contribution in [3.8, 4) is 11.1 Å². The summed E-state index contributed by atoms with van der Waals surface area (Å²) in [5, 5.41) is 8.52. The highest BCUT2D eigenvalue weighted by molar-refractivity contribution is 5.87. The number of hydrogen-bond donors (Lipinski definition) is 2. The first-order valence-electron chi connectivity index (χ1n) is 16.7. The number of aromatic nitrogens is 3. The molecule has 2 atom stereocenters. The van der Waals surface area contributed by atoms with Crippen LogP contribution in [-0.4, -0.2) is 18.1 Å². The summed E-state index contributed by atoms with van der Waals surface area (Å²) >= 11 is 0. The molecule has 5 heteroatoms. The Hall–Kier alpha value is -4.19. The first-order valence-corrected chi connectivity index (χ1v) is 16.7. The molecule has 4 aliphatic heterocycles. The largest absolute Gasteiger partial charge is 0.360 e. The number of fused-ring (bicyclic) bond motifs is 1. The van der Waals surface area contributed by atoms with Crippen LogP contribution in [0.4, 0.5) is 0 Å². The lowest BCUT2D eigenvalue weighted by Gasteiger charge is -2.52. The van der Waals surface area contributed by atoms with Crippen molar-refractivity contribution in [2.24, 2.45) is 0 Å². The lowest BCUT2D eigenvalue weighted by Crippen LogP contribution is -2.82. The predicted molar refractivity (Wildman–Crippen MR) is 170 cm³/mol. The van der Waals surface area contributed by atoms with Gasteiger partial charge in [-0.15, -0.1) is 9.13 Å². The van der Waals surface area contributed by atoms with Crippen molar-refractivity contribution in [3.63, 3.8) is 0 Å². The summed E-state index contributed by atoms with van der Waals surface area (Å²) in [6.07, 6.45) is 6.24. The Labute approximate surface area is 263 Å². The molecule has 0 radical (unpaired) electrons. The molecule has 218 valence electrons. The fourth-order valence-electron chi connectivity index (χ4n) is 11.2. The number of rotatable bonds is 0. The van der Waals surface area contributed by atoms with E-state index in [1.165, 1.54) is 83.7 Å². The van der Waals surface area contributed by atoms with Crippen LogP contribution in [0.25, 0.3) is 11.1 Å². The monoisotopic (exact) mass is 585 g/mol. The van der Waals surface area contributed by atoms with Crippen LogP contribution in [0.5, 0.6) is 0 Å². The Morgan fingerprint density at radius 2 is 1.07 bits per heavy atom. The molecule has 1 aromatic heterocycles. The average molecular weight is 586 g/mol. The Morgan fingerprint density at radius 3 is 1.56 bits per heavy atom. The van der Waals surface area contributed by atoms with Gasteiger partial charge in [0.05, 0.1) is 4.98 Å². The van der Waals surface area contributed by atoms with Gasteiger partial charge < -0.3 is 0 Å². The summed E-state index contributed by atoms with van der Waals surface area (Å²) in [5.41, 5.74) is 19.5. The molecule has 2 N–H and O–H groups in total. The molecule has 2 unspecified atom stereocenters. The van der Waals surface area contributed by atoms with E-state index in [1.807, 2.05) is 0 Å². The van der Waals surface area contributed by atoms with E-state index in [4.69, 9.17) is 4.98 Å². The molecular weight excluding hydrogens is 550 g/mol. The Balaban J connectivity index is 1.31. The zero-order valence-electron chi connectivity index (χ0n) is 26.2. The smallest absolute Gasteiger partial charge is 0.260 e. The van der Waals surface area contributed by atoms with Crippen LogP contribution in [0, 0.1) is 0 Å². The lowest BCUT2D eigenvalue weighted by atomic mass is 9.61. The van der Waals surface area contributed by atoms with Crippen molar-refractivity contribution in [3.05, 3.63) is 146 Å². The molecule has 0 saturated heterocycles. The second-order valence-electron chi connectivity index (χ2n) is 16.0. The SMILES string of the molecule is CC1(C)CNC23c4c(cccc41)Cc1ccc4c(c12)C1c2c-4ccc4c2C2(NCC(C)(C)c5cccc(c52)C4)[n+]2cnc[n+]3c21. The third kappa shape index (κ3) is 2.29. The van der Waals surface area contributed by atoms with Gasteiger partial charge in [0.2, 0.25) is 11.3 Å². The molecule has 2 spiro atoms. The fraction of sp³-hybridized carbons (Fsp3) is 0.325. The summed E-state index contributed by atoms with van der Waals surface area (Å²) in [5.74, 6) is 1.51. The molecule has 4 aromatic carbocycles. The molecule has 45 heavy (non-hydrogen) atoms. The van der Waals surface area contributed by atoms with E-state index in [2.05, 4.69) is 121 Å². The van der Waals surface area contributed by atoms with Crippen LogP contribution in [0.2, 0.25) is 0 Å². The van der Waals surface area contributed by atoms with Gasteiger partial charge in [0.15, 0.2) is 0 Å². The third-order valence-corrected chi connectivity index (χ3v) is 12.9. The summed E-state index contributed by atoms with van der Waals surface area (Å²) < 4.78 is 5.17. The Morgan fingerprint density at radius 1 is 0.600 bits per heavy atom. The van der Waals surface area contributed by atoms with Gasteiger partial charge in [0.1, 0.15) is 5.92 Å². The van der Waals surface area contributed by atoms with Gasteiger partial charge >= 0.3 is 18.5 Å². The molecule has 0 saturated carbocycles. The molecule has 3 aliphatic carbocycles. The molecule has 0 bridgehead atoms. The molecule has 5 aromatic rings. The number of hydrogen-bond acceptors (Lipinski definition) is 3.